The number of nitrogens with one attached hydrogen (secondary N) is 1. The summed E-state index contributed by atoms with van der Waals surface area (Å²) in [5, 5.41) is 1.38. The second-order valence-corrected chi connectivity index (χ2v) is 16.9. The van der Waals surface area contributed by atoms with E-state index >= 15 is 0 Å². The second kappa shape index (κ2) is 13.5. The molecule has 1 N–H and O–H groups in total. The second-order valence-electron chi connectivity index (χ2n) is 14.0. The number of ether oxygens (including phenoxy) is 2. The third-order valence-electron chi connectivity index (χ3n) is 9.53. The quantitative estimate of drug-likeness (QED) is 0.226. The Bertz CT molecular complexity index is 1630. The molecule has 13 heteroatoms. The summed E-state index contributed by atoms with van der Waals surface area (Å²) in [5.41, 5.74) is -1.08. The van der Waals surface area contributed by atoms with Gasteiger partial charge in [-0.3, -0.25) is 28.9 Å². The number of allylic oxidation sites excluding steroid dienone is 1. The van der Waals surface area contributed by atoms with E-state index in [4.69, 9.17) is 9.47 Å². The number of esters is 1. The van der Waals surface area contributed by atoms with E-state index < -0.39 is 49.9 Å². The van der Waals surface area contributed by atoms with Gasteiger partial charge in [-0.15, -0.1) is 17.9 Å². The Hall–Kier alpha value is -3.58. The molecule has 1 unspecified atom stereocenters. The number of pyridine rings is 1. The lowest BCUT2D eigenvalue weighted by Gasteiger charge is -2.35. The average Bonchev–Trinajstić information content (AvgIpc) is 3.89. The number of methoxy groups -OCH3 is 1. The van der Waals surface area contributed by atoms with Crippen molar-refractivity contribution in [3.05, 3.63) is 48.5 Å². The van der Waals surface area contributed by atoms with E-state index in [0.29, 0.717) is 31.4 Å². The molecule has 47 heavy (non-hydrogen) atoms. The number of carbonyl (C=O) groups excluding carboxylic acids is 4. The van der Waals surface area contributed by atoms with Crippen molar-refractivity contribution in [3.8, 4) is 16.3 Å². The summed E-state index contributed by atoms with van der Waals surface area (Å²) < 4.78 is 38.5. The van der Waals surface area contributed by atoms with Crippen molar-refractivity contribution in [2.24, 2.45) is 28.6 Å². The van der Waals surface area contributed by atoms with Crippen LogP contribution in [0.1, 0.15) is 59.3 Å². The van der Waals surface area contributed by atoms with E-state index in [2.05, 4.69) is 16.3 Å². The van der Waals surface area contributed by atoms with Crippen LogP contribution < -0.4 is 9.46 Å². The summed E-state index contributed by atoms with van der Waals surface area (Å²) in [6.45, 7) is 9.81. The number of Topliss-reactive ketones (excluding diaryl/α,β-unsaturated/α-hetero) is 1. The first kappa shape index (κ1) is 34.7. The lowest BCUT2D eigenvalue weighted by molar-refractivity contribution is -0.151. The molecule has 1 aliphatic heterocycles. The van der Waals surface area contributed by atoms with Crippen LogP contribution in [0.2, 0.25) is 0 Å². The van der Waals surface area contributed by atoms with Gasteiger partial charge in [-0.1, -0.05) is 32.9 Å². The molecule has 3 heterocycles. The van der Waals surface area contributed by atoms with Crippen LogP contribution in [-0.2, 0) is 33.9 Å². The Labute approximate surface area is 280 Å². The summed E-state index contributed by atoms with van der Waals surface area (Å²) in [6.07, 6.45) is 4.45. The molecule has 0 aromatic carbocycles. The number of aromatic nitrogens is 1. The molecule has 2 aliphatic carbocycles. The summed E-state index contributed by atoms with van der Waals surface area (Å²) in [6, 6.07) is 6.63. The number of thiophene rings is 1. The summed E-state index contributed by atoms with van der Waals surface area (Å²) >= 11 is 1.57. The smallest absolute Gasteiger partial charge is 0.306 e. The van der Waals surface area contributed by atoms with Gasteiger partial charge in [0.2, 0.25) is 21.8 Å². The van der Waals surface area contributed by atoms with Crippen LogP contribution >= 0.6 is 11.3 Å². The number of carbonyl (C=O) groups is 4. The molecule has 2 amide bonds. The number of rotatable bonds is 14. The normalized spacial score (nSPS) is 24.7. The van der Waals surface area contributed by atoms with Gasteiger partial charge in [0.1, 0.15) is 5.75 Å². The third kappa shape index (κ3) is 7.77. The summed E-state index contributed by atoms with van der Waals surface area (Å²) in [4.78, 5) is 61.0. The fraction of sp³-hybridized carbons (Fsp3) is 0.559. The van der Waals surface area contributed by atoms with Gasteiger partial charge in [0.25, 0.3) is 0 Å². The van der Waals surface area contributed by atoms with Gasteiger partial charge in [0.05, 0.1) is 53.3 Å². The molecule has 5 atom stereocenters. The first-order valence-corrected chi connectivity index (χ1v) is 18.3. The molecule has 3 fully saturated rings. The van der Waals surface area contributed by atoms with Crippen molar-refractivity contribution in [2.75, 3.05) is 20.3 Å². The third-order valence-corrected chi connectivity index (χ3v) is 12.2. The highest BCUT2D eigenvalue weighted by atomic mass is 32.2. The van der Waals surface area contributed by atoms with Crippen LogP contribution in [0.3, 0.4) is 0 Å². The van der Waals surface area contributed by atoms with Gasteiger partial charge in [-0.25, -0.2) is 8.42 Å². The summed E-state index contributed by atoms with van der Waals surface area (Å²) in [7, 11) is -2.55. The van der Waals surface area contributed by atoms with Crippen molar-refractivity contribution in [1.82, 2.24) is 14.6 Å². The molecule has 0 spiro atoms. The average molecular weight is 686 g/mol. The standard InChI is InChI=1S/C34H43N3O8S2/c1-6-22-17-34(22,32(41)36-47(42,43)24-9-10-24)18-28(38)27-14-21(19-37(27)31(40)25(33(2,3)4)16-30(39)44-5)20-45-23-11-12-35-26(15-23)29-8-7-13-46-29/h6-8,11-13,15,21-22,24-25,27H,1,9-10,14,16-20H2,2-5H3,(H,36,41)/t21-,22?,25-,27+,34-/m1/s1. The Kier molecular flexibility index (Phi) is 9.98. The van der Waals surface area contributed by atoms with Gasteiger partial charge in [-0.2, -0.15) is 0 Å². The molecule has 2 saturated carbocycles. The van der Waals surface area contributed by atoms with Gasteiger partial charge in [0, 0.05) is 31.1 Å². The fourth-order valence-corrected chi connectivity index (χ4v) is 8.47. The number of hydrogen-bond acceptors (Lipinski definition) is 10. The van der Waals surface area contributed by atoms with Crippen LogP contribution in [-0.4, -0.2) is 73.4 Å². The van der Waals surface area contributed by atoms with E-state index in [1.807, 2.05) is 44.4 Å². The maximum Gasteiger partial charge on any atom is 0.306 e. The number of nitrogens with zero attached hydrogens (tertiary/aromatic N) is 2. The fourth-order valence-electron chi connectivity index (χ4n) is 6.39. The van der Waals surface area contributed by atoms with Crippen molar-refractivity contribution in [2.45, 2.75) is 70.6 Å². The Morgan fingerprint density at radius 2 is 1.98 bits per heavy atom. The largest absolute Gasteiger partial charge is 0.493 e. The number of likely N-dealkylation sites (tertiary alicyclic amines) is 1. The zero-order chi connectivity index (χ0) is 34.1. The van der Waals surface area contributed by atoms with Gasteiger partial charge >= 0.3 is 5.97 Å². The number of amides is 2. The number of ketones is 1. The zero-order valence-corrected chi connectivity index (χ0v) is 28.9. The molecule has 2 aromatic rings. The van der Waals surface area contributed by atoms with Gasteiger partial charge in [0.15, 0.2) is 5.78 Å². The molecule has 2 aromatic heterocycles. The molecule has 1 saturated heterocycles. The SMILES string of the molecule is C=CC1C[C@]1(CC(=O)[C@@H]1C[C@@H](COc2ccnc(-c3cccs3)c2)CN1C(=O)[C@@H](CC(=O)OC)C(C)(C)C)C(=O)NS(=O)(=O)C1CC1. The predicted molar refractivity (Wildman–Crippen MR) is 177 cm³/mol. The van der Waals surface area contributed by atoms with Crippen molar-refractivity contribution >= 4 is 44.9 Å². The molecule has 0 bridgehead atoms. The topological polar surface area (TPSA) is 149 Å². The molecular weight excluding hydrogens is 643 g/mol. The van der Waals surface area contributed by atoms with Crippen LogP contribution in [0.4, 0.5) is 0 Å². The van der Waals surface area contributed by atoms with Crippen molar-refractivity contribution in [1.29, 1.82) is 0 Å². The minimum absolute atomic E-state index is 0.149. The lowest BCUT2D eigenvalue weighted by Crippen LogP contribution is -2.48. The Morgan fingerprint density at radius 3 is 2.57 bits per heavy atom. The van der Waals surface area contributed by atoms with E-state index in [1.165, 1.54) is 12.0 Å². The minimum atomic E-state index is -3.82. The van der Waals surface area contributed by atoms with E-state index in [0.717, 1.165) is 10.6 Å². The lowest BCUT2D eigenvalue weighted by atomic mass is 9.77. The monoisotopic (exact) mass is 685 g/mol. The van der Waals surface area contributed by atoms with E-state index in [-0.39, 0.29) is 49.5 Å². The van der Waals surface area contributed by atoms with Crippen LogP contribution in [0.25, 0.3) is 10.6 Å². The van der Waals surface area contributed by atoms with Crippen LogP contribution in [0.15, 0.2) is 48.5 Å². The highest BCUT2D eigenvalue weighted by molar-refractivity contribution is 7.90. The molecular formula is C34H43N3O8S2. The number of hydrogen-bond donors (Lipinski definition) is 1. The minimum Gasteiger partial charge on any atom is -0.493 e. The highest BCUT2D eigenvalue weighted by Gasteiger charge is 2.61. The van der Waals surface area contributed by atoms with Crippen molar-refractivity contribution < 1.29 is 37.1 Å². The molecule has 5 rings (SSSR count). The predicted octanol–water partition coefficient (Wildman–Crippen LogP) is 4.39. The first-order valence-electron chi connectivity index (χ1n) is 15.9. The van der Waals surface area contributed by atoms with E-state index in [9.17, 15) is 27.6 Å². The van der Waals surface area contributed by atoms with E-state index in [1.54, 1.807) is 29.7 Å². The number of sulfonamides is 1. The highest BCUT2D eigenvalue weighted by Crippen LogP contribution is 2.57. The first-order chi connectivity index (χ1) is 22.2. The molecule has 254 valence electrons. The van der Waals surface area contributed by atoms with Gasteiger partial charge in [-0.05, 0) is 54.5 Å². The van der Waals surface area contributed by atoms with Crippen molar-refractivity contribution in [3.63, 3.8) is 0 Å². The zero-order valence-electron chi connectivity index (χ0n) is 27.3. The van der Waals surface area contributed by atoms with Crippen LogP contribution in [0.5, 0.6) is 5.75 Å². The molecule has 0 radical (unpaired) electrons. The Balaban J connectivity index is 1.36. The van der Waals surface area contributed by atoms with Crippen LogP contribution in [0, 0.1) is 28.6 Å². The van der Waals surface area contributed by atoms with Gasteiger partial charge < -0.3 is 14.4 Å². The summed E-state index contributed by atoms with van der Waals surface area (Å²) in [5.74, 6) is -2.65. The molecule has 3 aliphatic rings. The Morgan fingerprint density at radius 1 is 1.23 bits per heavy atom. The maximum absolute atomic E-state index is 14.2. The maximum atomic E-state index is 14.2. The molecule has 11 nitrogen and oxygen atoms in total.